The smallest absolute Gasteiger partial charge is 0.284 e. The van der Waals surface area contributed by atoms with E-state index in [-0.39, 0.29) is 31.1 Å². The summed E-state index contributed by atoms with van der Waals surface area (Å²) in [6.07, 6.45) is 0. The summed E-state index contributed by atoms with van der Waals surface area (Å²) in [6, 6.07) is 0. The molecule has 1 N–H and O–H groups in total. The molecule has 0 aliphatic rings. The van der Waals surface area contributed by atoms with E-state index in [9.17, 15) is 0 Å². The maximum atomic E-state index is 8.84. The minimum Gasteiger partial charge on any atom is -0.394 e. The molecule has 0 aliphatic heterocycles. The zero-order chi connectivity index (χ0) is 17.2. The maximum absolute atomic E-state index is 8.84. The van der Waals surface area contributed by atoms with Crippen molar-refractivity contribution in [1.29, 1.82) is 0 Å². The number of anilines is 3. The number of rotatable bonds is 11. The van der Waals surface area contributed by atoms with E-state index in [0.717, 1.165) is 15.7 Å². The molecule has 23 heavy (non-hydrogen) atoms. The van der Waals surface area contributed by atoms with E-state index >= 15 is 0 Å². The van der Waals surface area contributed by atoms with Crippen molar-refractivity contribution in [2.45, 2.75) is 0 Å². The number of hydrogen-bond acceptors (Lipinski definition) is 13. The fourth-order valence-corrected chi connectivity index (χ4v) is 1.38. The summed E-state index contributed by atoms with van der Waals surface area (Å²) < 4.78 is 0. The molecule has 13 nitrogen and oxygen atoms in total. The Morgan fingerprint density at radius 1 is 0.696 bits per heavy atom. The third-order valence-corrected chi connectivity index (χ3v) is 2.22. The second-order valence-electron chi connectivity index (χ2n) is 3.48. The Bertz CT molecular complexity index is 429. The first-order chi connectivity index (χ1) is 11.1. The van der Waals surface area contributed by atoms with Gasteiger partial charge in [0.25, 0.3) is 17.8 Å². The van der Waals surface area contributed by atoms with Crippen LogP contribution < -0.4 is 15.7 Å². The highest BCUT2D eigenvalue weighted by Gasteiger charge is 2.22. The van der Waals surface area contributed by atoms with Crippen molar-refractivity contribution in [1.82, 2.24) is 15.0 Å². The standard InChI is InChI=1S/C10H20N6O7/c1-18-14(19-2)8-11-9(15(20-3)21-4)13-10(12-8)16(22-5)23-7-6-17/h17H,6-7H2,1-5H3. The van der Waals surface area contributed by atoms with Crippen molar-refractivity contribution >= 4 is 17.8 Å². The van der Waals surface area contributed by atoms with E-state index < -0.39 is 0 Å². The Morgan fingerprint density at radius 3 is 1.35 bits per heavy atom. The van der Waals surface area contributed by atoms with Gasteiger partial charge >= 0.3 is 0 Å². The Morgan fingerprint density at radius 2 is 1.04 bits per heavy atom. The van der Waals surface area contributed by atoms with E-state index in [1.165, 1.54) is 35.5 Å². The highest BCUT2D eigenvalue weighted by molar-refractivity contribution is 5.40. The van der Waals surface area contributed by atoms with Gasteiger partial charge in [-0.15, -0.1) is 0 Å². The van der Waals surface area contributed by atoms with Crippen LogP contribution in [0, 0.1) is 0 Å². The predicted molar refractivity (Wildman–Crippen MR) is 75.3 cm³/mol. The Kier molecular flexibility index (Phi) is 8.35. The third kappa shape index (κ3) is 5.07. The first kappa shape index (κ1) is 19.2. The van der Waals surface area contributed by atoms with Gasteiger partial charge in [-0.2, -0.15) is 15.0 Å². The number of aliphatic hydroxyl groups excluding tert-OH is 1. The third-order valence-electron chi connectivity index (χ3n) is 2.22. The van der Waals surface area contributed by atoms with Crippen LogP contribution in [-0.2, 0) is 29.0 Å². The number of aromatic nitrogens is 3. The zero-order valence-electron chi connectivity index (χ0n) is 13.5. The minimum atomic E-state index is -0.227. The lowest BCUT2D eigenvalue weighted by atomic mass is 10.8. The van der Waals surface area contributed by atoms with Gasteiger partial charge in [-0.25, -0.2) is 29.0 Å². The van der Waals surface area contributed by atoms with Gasteiger partial charge in [-0.05, 0) is 0 Å². The van der Waals surface area contributed by atoms with E-state index in [0.29, 0.717) is 0 Å². The molecule has 0 saturated carbocycles. The Balaban J connectivity index is 3.26. The van der Waals surface area contributed by atoms with Crippen LogP contribution in [0.2, 0.25) is 0 Å². The largest absolute Gasteiger partial charge is 0.394 e. The minimum absolute atomic E-state index is 0.0382. The fourth-order valence-electron chi connectivity index (χ4n) is 1.38. The monoisotopic (exact) mass is 336 g/mol. The van der Waals surface area contributed by atoms with Crippen molar-refractivity contribution in [3.05, 3.63) is 0 Å². The molecule has 0 unspecified atom stereocenters. The van der Waals surface area contributed by atoms with E-state index in [2.05, 4.69) is 15.0 Å². The van der Waals surface area contributed by atoms with Gasteiger partial charge in [0.2, 0.25) is 0 Å². The summed E-state index contributed by atoms with van der Waals surface area (Å²) in [6.45, 7) is -0.268. The molecular formula is C10H20N6O7. The van der Waals surface area contributed by atoms with E-state index in [1.807, 2.05) is 0 Å². The zero-order valence-corrected chi connectivity index (χ0v) is 13.5. The first-order valence-corrected chi connectivity index (χ1v) is 6.25. The molecule has 1 aromatic heterocycles. The highest BCUT2D eigenvalue weighted by Crippen LogP contribution is 2.19. The fraction of sp³-hybridized carbons (Fsp3) is 0.700. The van der Waals surface area contributed by atoms with Crippen LogP contribution in [0.5, 0.6) is 0 Å². The molecular weight excluding hydrogens is 316 g/mol. The molecule has 0 amide bonds. The van der Waals surface area contributed by atoms with Crippen LogP contribution >= 0.6 is 0 Å². The maximum Gasteiger partial charge on any atom is 0.284 e. The summed E-state index contributed by atoms with van der Waals surface area (Å²) in [5.74, 6) is -0.147. The molecule has 1 rings (SSSR count). The van der Waals surface area contributed by atoms with Crippen LogP contribution in [0.4, 0.5) is 17.8 Å². The SMILES string of the molecule is CON(OC)c1nc(N(OC)OC)nc(N(OC)OCCO)n1. The van der Waals surface area contributed by atoms with Crippen molar-refractivity contribution in [3.8, 4) is 0 Å². The van der Waals surface area contributed by atoms with Crippen LogP contribution in [0.15, 0.2) is 0 Å². The van der Waals surface area contributed by atoms with Crippen molar-refractivity contribution in [3.63, 3.8) is 0 Å². The van der Waals surface area contributed by atoms with Gasteiger partial charge in [0.15, 0.2) is 0 Å². The lowest BCUT2D eigenvalue weighted by Gasteiger charge is -2.23. The summed E-state index contributed by atoms with van der Waals surface area (Å²) in [5, 5.41) is 11.5. The molecule has 0 spiro atoms. The van der Waals surface area contributed by atoms with Crippen molar-refractivity contribution in [2.24, 2.45) is 0 Å². The lowest BCUT2D eigenvalue weighted by Crippen LogP contribution is -2.31. The molecule has 0 aromatic carbocycles. The first-order valence-electron chi connectivity index (χ1n) is 6.25. The topological polar surface area (TPSA) is 124 Å². The number of hydrogen-bond donors (Lipinski definition) is 1. The summed E-state index contributed by atoms with van der Waals surface area (Å²) >= 11 is 0. The number of nitrogens with zero attached hydrogens (tertiary/aromatic N) is 6. The predicted octanol–water partition coefficient (Wildman–Crippen LogP) is -0.978. The average molecular weight is 336 g/mol. The van der Waals surface area contributed by atoms with Crippen LogP contribution in [0.1, 0.15) is 0 Å². The molecule has 132 valence electrons. The molecule has 0 atom stereocenters. The summed E-state index contributed by atoms with van der Waals surface area (Å²) in [7, 11) is 6.75. The van der Waals surface area contributed by atoms with E-state index in [1.54, 1.807) is 0 Å². The van der Waals surface area contributed by atoms with Gasteiger partial charge in [-0.3, -0.25) is 0 Å². The summed E-state index contributed by atoms with van der Waals surface area (Å²) in [5.41, 5.74) is 0. The molecule has 0 fully saturated rings. The van der Waals surface area contributed by atoms with Gasteiger partial charge < -0.3 is 5.11 Å². The van der Waals surface area contributed by atoms with Crippen LogP contribution in [0.3, 0.4) is 0 Å². The number of aliphatic hydroxyl groups is 1. The second-order valence-corrected chi connectivity index (χ2v) is 3.48. The Hall–Kier alpha value is -1.87. The molecule has 1 heterocycles. The second kappa shape index (κ2) is 10.0. The van der Waals surface area contributed by atoms with Gasteiger partial charge in [0.05, 0.1) is 42.2 Å². The molecule has 1 aromatic rings. The van der Waals surface area contributed by atoms with Crippen molar-refractivity contribution in [2.75, 3.05) is 64.4 Å². The van der Waals surface area contributed by atoms with Gasteiger partial charge in [0, 0.05) is 0 Å². The molecule has 0 saturated heterocycles. The van der Waals surface area contributed by atoms with Crippen LogP contribution in [-0.4, -0.2) is 68.8 Å². The van der Waals surface area contributed by atoms with Crippen molar-refractivity contribution < 1.29 is 34.1 Å². The lowest BCUT2D eigenvalue weighted by molar-refractivity contribution is -0.0815. The molecule has 0 bridgehead atoms. The Labute approximate surface area is 132 Å². The normalized spacial score (nSPS) is 10.7. The van der Waals surface area contributed by atoms with E-state index in [4.69, 9.17) is 34.1 Å². The van der Waals surface area contributed by atoms with Gasteiger partial charge in [0.1, 0.15) is 6.61 Å². The van der Waals surface area contributed by atoms with Crippen LogP contribution in [0.25, 0.3) is 0 Å². The quantitative estimate of drug-likeness (QED) is 0.498. The summed E-state index contributed by atoms with van der Waals surface area (Å²) in [4.78, 5) is 42.1. The van der Waals surface area contributed by atoms with Gasteiger partial charge in [-0.1, -0.05) is 15.7 Å². The molecule has 13 heteroatoms. The molecule has 0 radical (unpaired) electrons. The molecule has 0 aliphatic carbocycles. The average Bonchev–Trinajstić information content (AvgIpc) is 2.58. The highest BCUT2D eigenvalue weighted by atomic mass is 17.0.